The van der Waals surface area contributed by atoms with Crippen LogP contribution < -0.4 is 10.5 Å². The Morgan fingerprint density at radius 1 is 0.833 bits per heavy atom. The summed E-state index contributed by atoms with van der Waals surface area (Å²) in [6, 6.07) is 14.0. The molecule has 0 aliphatic carbocycles. The van der Waals surface area contributed by atoms with Crippen LogP contribution in [0, 0.1) is 0 Å². The number of aliphatic hydroxyl groups excluding tert-OH is 2. The van der Waals surface area contributed by atoms with Gasteiger partial charge in [-0.1, -0.05) is 36.4 Å². The molecule has 2 aromatic carbocycles. The first kappa shape index (κ1) is 24.2. The molecule has 0 fully saturated rings. The van der Waals surface area contributed by atoms with Crippen LogP contribution >= 0.6 is 0 Å². The molecule has 0 aliphatic rings. The molecule has 2 aromatic rings. The third-order valence-electron chi connectivity index (χ3n) is 5.10. The third-order valence-corrected chi connectivity index (χ3v) is 5.10. The van der Waals surface area contributed by atoms with E-state index in [4.69, 9.17) is 10.5 Å². The van der Waals surface area contributed by atoms with Crippen LogP contribution in [0.2, 0.25) is 0 Å². The fourth-order valence-corrected chi connectivity index (χ4v) is 3.12. The number of hydrogen-bond acceptors (Lipinski definition) is 4. The molecular weight excluding hydrogens is 395 g/mol. The van der Waals surface area contributed by atoms with E-state index in [1.165, 1.54) is 11.6 Å². The molecule has 4 N–H and O–H groups in total. The third kappa shape index (κ3) is 7.63. The molecule has 0 radical (unpaired) electrons. The van der Waals surface area contributed by atoms with Crippen LogP contribution in [-0.4, -0.2) is 35.6 Å². The summed E-state index contributed by atoms with van der Waals surface area (Å²) in [6.45, 7) is -0.666. The lowest BCUT2D eigenvalue weighted by Crippen LogP contribution is -2.47. The van der Waals surface area contributed by atoms with Gasteiger partial charge >= 0.3 is 6.18 Å². The maximum absolute atomic E-state index is 13.5. The smallest absolute Gasteiger partial charge is 0.419 e. The number of ether oxygens (including phenoxy) is 1. The summed E-state index contributed by atoms with van der Waals surface area (Å²) < 4.78 is 45.8. The average molecular weight is 425 g/mol. The quantitative estimate of drug-likeness (QED) is 0.448. The molecule has 4 nitrogen and oxygen atoms in total. The summed E-state index contributed by atoms with van der Waals surface area (Å²) in [4.78, 5) is 0. The summed E-state index contributed by atoms with van der Waals surface area (Å²) in [6.07, 6.45) is -0.724. The summed E-state index contributed by atoms with van der Waals surface area (Å²) in [5.74, 6) is -0.183. The van der Waals surface area contributed by atoms with Gasteiger partial charge in [0.1, 0.15) is 5.75 Å². The maximum atomic E-state index is 13.5. The normalized spacial score (nSPS) is 12.2. The van der Waals surface area contributed by atoms with Gasteiger partial charge in [0.25, 0.3) is 0 Å². The lowest BCUT2D eigenvalue weighted by atomic mass is 9.93. The van der Waals surface area contributed by atoms with Gasteiger partial charge in [0.15, 0.2) is 0 Å². The second-order valence-corrected chi connectivity index (χ2v) is 7.65. The van der Waals surface area contributed by atoms with Gasteiger partial charge in [0.05, 0.1) is 30.9 Å². The van der Waals surface area contributed by atoms with Gasteiger partial charge in [-0.25, -0.2) is 0 Å². The topological polar surface area (TPSA) is 75.7 Å². The van der Waals surface area contributed by atoms with Crippen LogP contribution in [-0.2, 0) is 19.0 Å². The van der Waals surface area contributed by atoms with Crippen molar-refractivity contribution >= 4 is 0 Å². The van der Waals surface area contributed by atoms with Crippen molar-refractivity contribution < 1.29 is 28.1 Å². The second kappa shape index (κ2) is 11.3. The van der Waals surface area contributed by atoms with Crippen molar-refractivity contribution in [1.29, 1.82) is 0 Å². The fraction of sp³-hybridized carbons (Fsp3) is 0.478. The fourth-order valence-electron chi connectivity index (χ4n) is 3.12. The molecule has 166 valence electrons. The number of unbranched alkanes of at least 4 members (excludes halogenated alkanes) is 2. The van der Waals surface area contributed by atoms with E-state index in [-0.39, 0.29) is 25.2 Å². The summed E-state index contributed by atoms with van der Waals surface area (Å²) >= 11 is 0. The summed E-state index contributed by atoms with van der Waals surface area (Å²) in [7, 11) is 0. The second-order valence-electron chi connectivity index (χ2n) is 7.65. The predicted octanol–water partition coefficient (Wildman–Crippen LogP) is 4.11. The highest BCUT2D eigenvalue weighted by atomic mass is 19.4. The number of hydrogen-bond donors (Lipinski definition) is 3. The van der Waals surface area contributed by atoms with Gasteiger partial charge in [0, 0.05) is 0 Å². The Morgan fingerprint density at radius 2 is 1.53 bits per heavy atom. The van der Waals surface area contributed by atoms with Crippen molar-refractivity contribution in [3.05, 3.63) is 65.2 Å². The zero-order chi connectivity index (χ0) is 22.0. The van der Waals surface area contributed by atoms with E-state index >= 15 is 0 Å². The Morgan fingerprint density at radius 3 is 2.17 bits per heavy atom. The van der Waals surface area contributed by atoms with Crippen LogP contribution in [0.25, 0.3) is 0 Å². The lowest BCUT2D eigenvalue weighted by molar-refractivity contribution is -0.139. The Bertz CT molecular complexity index is 762. The first-order valence-electron chi connectivity index (χ1n) is 10.1. The highest BCUT2D eigenvalue weighted by Crippen LogP contribution is 2.37. The van der Waals surface area contributed by atoms with Gasteiger partial charge in [-0.15, -0.1) is 0 Å². The molecule has 0 bridgehead atoms. The molecule has 0 amide bonds. The number of halogens is 3. The number of nitrogens with two attached hydrogens (primary N) is 1. The zero-order valence-electron chi connectivity index (χ0n) is 17.0. The van der Waals surface area contributed by atoms with Crippen molar-refractivity contribution in [1.82, 2.24) is 0 Å². The molecule has 0 aromatic heterocycles. The highest BCUT2D eigenvalue weighted by molar-refractivity contribution is 5.39. The number of rotatable bonds is 12. The number of benzene rings is 2. The van der Waals surface area contributed by atoms with E-state index in [1.807, 2.05) is 18.2 Å². The van der Waals surface area contributed by atoms with Gasteiger partial charge in [-0.05, 0) is 61.8 Å². The van der Waals surface area contributed by atoms with E-state index < -0.39 is 30.5 Å². The minimum absolute atomic E-state index is 0.166. The van der Waals surface area contributed by atoms with E-state index in [0.717, 1.165) is 25.3 Å². The van der Waals surface area contributed by atoms with Crippen molar-refractivity contribution in [3.63, 3.8) is 0 Å². The van der Waals surface area contributed by atoms with Crippen molar-refractivity contribution in [2.75, 3.05) is 19.8 Å². The first-order valence-corrected chi connectivity index (χ1v) is 10.1. The molecule has 30 heavy (non-hydrogen) atoms. The van der Waals surface area contributed by atoms with Crippen molar-refractivity contribution in [3.8, 4) is 5.75 Å². The predicted molar refractivity (Wildman–Crippen MR) is 110 cm³/mol. The SMILES string of the molecule is NC(CO)(CO)CCc1ccc(OCCCCCc2ccccc2)c(C(F)(F)F)c1. The highest BCUT2D eigenvalue weighted by Gasteiger charge is 2.35. The summed E-state index contributed by atoms with van der Waals surface area (Å²) in [5.41, 5.74) is 5.43. The molecule has 0 saturated carbocycles. The number of aryl methyl sites for hydroxylation is 2. The maximum Gasteiger partial charge on any atom is 0.419 e. The van der Waals surface area contributed by atoms with E-state index in [2.05, 4.69) is 12.1 Å². The van der Waals surface area contributed by atoms with Crippen LogP contribution in [0.1, 0.15) is 42.4 Å². The first-order chi connectivity index (χ1) is 14.3. The van der Waals surface area contributed by atoms with Crippen LogP contribution in [0.15, 0.2) is 48.5 Å². The standard InChI is InChI=1S/C23H30F3NO3/c24-23(25,26)20-15-19(12-13-22(27,16-28)17-29)10-11-21(20)30-14-6-2-5-9-18-7-3-1-4-8-18/h1,3-4,7-8,10-11,15,28-29H,2,5-6,9,12-14,16-17,27H2. The molecule has 0 unspecified atom stereocenters. The Balaban J connectivity index is 1.88. The van der Waals surface area contributed by atoms with Crippen molar-refractivity contribution in [2.45, 2.75) is 50.2 Å². The van der Waals surface area contributed by atoms with Gasteiger partial charge in [-0.2, -0.15) is 13.2 Å². The Labute approximate surface area is 175 Å². The van der Waals surface area contributed by atoms with Crippen LogP contribution in [0.5, 0.6) is 5.75 Å². The zero-order valence-corrected chi connectivity index (χ0v) is 17.0. The monoisotopic (exact) mass is 425 g/mol. The molecule has 0 aliphatic heterocycles. The van der Waals surface area contributed by atoms with E-state index in [9.17, 15) is 23.4 Å². The molecule has 0 atom stereocenters. The summed E-state index contributed by atoms with van der Waals surface area (Å²) in [5, 5.41) is 18.5. The average Bonchev–Trinajstić information content (AvgIpc) is 2.75. The van der Waals surface area contributed by atoms with E-state index in [1.54, 1.807) is 6.07 Å². The molecular formula is C23H30F3NO3. The Kier molecular flexibility index (Phi) is 9.14. The van der Waals surface area contributed by atoms with Gasteiger partial charge in [0.2, 0.25) is 0 Å². The van der Waals surface area contributed by atoms with Gasteiger partial charge in [-0.3, -0.25) is 0 Å². The Hall–Kier alpha value is -2.09. The van der Waals surface area contributed by atoms with Gasteiger partial charge < -0.3 is 20.7 Å². The van der Waals surface area contributed by atoms with Crippen LogP contribution in [0.4, 0.5) is 13.2 Å². The minimum atomic E-state index is -4.54. The largest absolute Gasteiger partial charge is 0.493 e. The number of aliphatic hydroxyl groups is 2. The number of alkyl halides is 3. The molecule has 7 heteroatoms. The molecule has 2 rings (SSSR count). The lowest BCUT2D eigenvalue weighted by Gasteiger charge is -2.24. The molecule has 0 heterocycles. The van der Waals surface area contributed by atoms with E-state index in [0.29, 0.717) is 12.0 Å². The van der Waals surface area contributed by atoms with Crippen LogP contribution in [0.3, 0.4) is 0 Å². The molecule has 0 spiro atoms. The molecule has 0 saturated heterocycles. The van der Waals surface area contributed by atoms with Crippen molar-refractivity contribution in [2.24, 2.45) is 5.73 Å². The minimum Gasteiger partial charge on any atom is -0.493 e.